The van der Waals surface area contributed by atoms with E-state index in [1.54, 1.807) is 6.07 Å². The molecule has 2 rings (SSSR count). The van der Waals surface area contributed by atoms with E-state index in [1.165, 1.54) is 38.2 Å². The van der Waals surface area contributed by atoms with Gasteiger partial charge in [-0.25, -0.2) is 0 Å². The summed E-state index contributed by atoms with van der Waals surface area (Å²) >= 11 is 0. The molecular formula is C14H15N3O. The fourth-order valence-corrected chi connectivity index (χ4v) is 2.19. The Morgan fingerprint density at radius 2 is 1.94 bits per heavy atom. The van der Waals surface area contributed by atoms with E-state index < -0.39 is 0 Å². The van der Waals surface area contributed by atoms with Gasteiger partial charge in [-0.05, 0) is 18.9 Å². The standard InChI is InChI=1S/C14H15N3O/c15-9-11(10-16)8-13-6-7-14(18-13)17-12-4-2-1-3-5-12/h6-8,12,17H,1-5H2. The molecule has 0 aliphatic heterocycles. The quantitative estimate of drug-likeness (QED) is 0.822. The third kappa shape index (κ3) is 3.15. The average Bonchev–Trinajstić information content (AvgIpc) is 2.84. The van der Waals surface area contributed by atoms with Crippen molar-refractivity contribution in [3.63, 3.8) is 0 Å². The molecule has 0 unspecified atom stereocenters. The monoisotopic (exact) mass is 241 g/mol. The molecule has 1 aromatic heterocycles. The van der Waals surface area contributed by atoms with E-state index in [0.29, 0.717) is 17.7 Å². The molecule has 1 aliphatic carbocycles. The number of nitrogens with one attached hydrogen (secondary N) is 1. The first-order valence-corrected chi connectivity index (χ1v) is 6.20. The first-order chi connectivity index (χ1) is 8.81. The van der Waals surface area contributed by atoms with E-state index in [2.05, 4.69) is 5.32 Å². The Hall–Kier alpha value is -2.20. The van der Waals surface area contributed by atoms with E-state index in [0.717, 1.165) is 0 Å². The Morgan fingerprint density at radius 3 is 2.61 bits per heavy atom. The van der Waals surface area contributed by atoms with Crippen LogP contribution in [0.5, 0.6) is 0 Å². The van der Waals surface area contributed by atoms with Gasteiger partial charge < -0.3 is 9.73 Å². The number of hydrogen-bond donors (Lipinski definition) is 1. The van der Waals surface area contributed by atoms with Gasteiger partial charge in [0.2, 0.25) is 0 Å². The summed E-state index contributed by atoms with van der Waals surface area (Å²) in [5.74, 6) is 1.25. The highest BCUT2D eigenvalue weighted by molar-refractivity contribution is 5.59. The highest BCUT2D eigenvalue weighted by Crippen LogP contribution is 2.23. The van der Waals surface area contributed by atoms with E-state index in [-0.39, 0.29) is 5.57 Å². The minimum atomic E-state index is 0.0496. The van der Waals surface area contributed by atoms with Crippen molar-refractivity contribution in [2.24, 2.45) is 0 Å². The van der Waals surface area contributed by atoms with Gasteiger partial charge in [-0.3, -0.25) is 0 Å². The third-order valence-corrected chi connectivity index (χ3v) is 3.11. The zero-order chi connectivity index (χ0) is 12.8. The lowest BCUT2D eigenvalue weighted by molar-refractivity contribution is 0.449. The van der Waals surface area contributed by atoms with Crippen LogP contribution in [0.4, 0.5) is 5.88 Å². The number of hydrogen-bond acceptors (Lipinski definition) is 4. The molecular weight excluding hydrogens is 226 g/mol. The summed E-state index contributed by atoms with van der Waals surface area (Å²) in [5.41, 5.74) is 0.0496. The molecule has 1 N–H and O–H groups in total. The van der Waals surface area contributed by atoms with Crippen LogP contribution >= 0.6 is 0 Å². The van der Waals surface area contributed by atoms with Gasteiger partial charge >= 0.3 is 0 Å². The van der Waals surface area contributed by atoms with Crippen molar-refractivity contribution >= 4 is 12.0 Å². The van der Waals surface area contributed by atoms with E-state index in [4.69, 9.17) is 14.9 Å². The summed E-state index contributed by atoms with van der Waals surface area (Å²) in [5, 5.41) is 20.7. The Morgan fingerprint density at radius 1 is 1.22 bits per heavy atom. The highest BCUT2D eigenvalue weighted by Gasteiger charge is 2.14. The topological polar surface area (TPSA) is 72.8 Å². The Kier molecular flexibility index (Phi) is 4.04. The molecule has 1 fully saturated rings. The predicted molar refractivity (Wildman–Crippen MR) is 68.4 cm³/mol. The molecule has 0 spiro atoms. The Bertz CT molecular complexity index is 494. The van der Waals surface area contributed by atoms with E-state index in [9.17, 15) is 0 Å². The molecule has 0 saturated heterocycles. The van der Waals surface area contributed by atoms with Crippen molar-refractivity contribution in [3.8, 4) is 12.1 Å². The van der Waals surface area contributed by atoms with Crippen LogP contribution in [0, 0.1) is 22.7 Å². The molecule has 1 heterocycles. The molecule has 1 aliphatic rings. The minimum absolute atomic E-state index is 0.0496. The molecule has 1 aromatic rings. The molecule has 4 heteroatoms. The van der Waals surface area contributed by atoms with Crippen molar-refractivity contribution in [2.75, 3.05) is 5.32 Å². The largest absolute Gasteiger partial charge is 0.441 e. The fraction of sp³-hybridized carbons (Fsp3) is 0.429. The van der Waals surface area contributed by atoms with Crippen molar-refractivity contribution in [2.45, 2.75) is 38.1 Å². The molecule has 92 valence electrons. The van der Waals surface area contributed by atoms with Gasteiger partial charge in [0.1, 0.15) is 23.5 Å². The van der Waals surface area contributed by atoms with Gasteiger partial charge in [0.25, 0.3) is 0 Å². The first kappa shape index (κ1) is 12.3. The van der Waals surface area contributed by atoms with E-state index >= 15 is 0 Å². The lowest BCUT2D eigenvalue weighted by Crippen LogP contribution is -2.21. The normalized spacial score (nSPS) is 15.4. The van der Waals surface area contributed by atoms with E-state index in [1.807, 2.05) is 18.2 Å². The second-order valence-electron chi connectivity index (χ2n) is 4.46. The molecule has 0 aromatic carbocycles. The maximum Gasteiger partial charge on any atom is 0.193 e. The molecule has 0 radical (unpaired) electrons. The molecule has 0 amide bonds. The van der Waals surface area contributed by atoms with Crippen molar-refractivity contribution in [1.82, 2.24) is 0 Å². The van der Waals surface area contributed by atoms with Gasteiger partial charge in [-0.1, -0.05) is 19.3 Å². The van der Waals surface area contributed by atoms with Gasteiger partial charge in [0.05, 0.1) is 0 Å². The SMILES string of the molecule is N#CC(C#N)=Cc1ccc(NC2CCCCC2)o1. The molecule has 4 nitrogen and oxygen atoms in total. The summed E-state index contributed by atoms with van der Waals surface area (Å²) in [6.45, 7) is 0. The highest BCUT2D eigenvalue weighted by atomic mass is 16.4. The van der Waals surface area contributed by atoms with Crippen LogP contribution in [0.2, 0.25) is 0 Å². The molecule has 0 bridgehead atoms. The van der Waals surface area contributed by atoms with Crippen LogP contribution < -0.4 is 5.32 Å². The number of nitriles is 2. The second kappa shape index (κ2) is 5.93. The van der Waals surface area contributed by atoms with Gasteiger partial charge in [-0.15, -0.1) is 0 Å². The lowest BCUT2D eigenvalue weighted by Gasteiger charge is -2.22. The lowest BCUT2D eigenvalue weighted by atomic mass is 9.96. The van der Waals surface area contributed by atoms with Crippen molar-refractivity contribution in [1.29, 1.82) is 10.5 Å². The Labute approximate surface area is 107 Å². The number of rotatable bonds is 3. The van der Waals surface area contributed by atoms with Crippen LogP contribution in [0.15, 0.2) is 22.1 Å². The number of allylic oxidation sites excluding steroid dienone is 1. The predicted octanol–water partition coefficient (Wildman–Crippen LogP) is 3.45. The fourth-order valence-electron chi connectivity index (χ4n) is 2.19. The smallest absolute Gasteiger partial charge is 0.193 e. The Balaban J connectivity index is 2.00. The third-order valence-electron chi connectivity index (χ3n) is 3.11. The minimum Gasteiger partial charge on any atom is -0.441 e. The number of nitrogens with zero attached hydrogens (tertiary/aromatic N) is 2. The summed E-state index contributed by atoms with van der Waals surface area (Å²) in [6.07, 6.45) is 7.64. The molecule has 0 atom stereocenters. The molecule has 18 heavy (non-hydrogen) atoms. The van der Waals surface area contributed by atoms with Crippen LogP contribution in [-0.2, 0) is 0 Å². The maximum atomic E-state index is 8.66. The van der Waals surface area contributed by atoms with Crippen molar-refractivity contribution in [3.05, 3.63) is 23.5 Å². The summed E-state index contributed by atoms with van der Waals surface area (Å²) in [4.78, 5) is 0. The van der Waals surface area contributed by atoms with Crippen LogP contribution in [0.25, 0.3) is 6.08 Å². The zero-order valence-electron chi connectivity index (χ0n) is 10.1. The first-order valence-electron chi connectivity index (χ1n) is 6.20. The average molecular weight is 241 g/mol. The zero-order valence-corrected chi connectivity index (χ0v) is 10.1. The number of furan rings is 1. The summed E-state index contributed by atoms with van der Waals surface area (Å²) in [7, 11) is 0. The molecule has 1 saturated carbocycles. The van der Waals surface area contributed by atoms with Gasteiger partial charge in [0.15, 0.2) is 5.88 Å². The van der Waals surface area contributed by atoms with Crippen molar-refractivity contribution < 1.29 is 4.42 Å². The summed E-state index contributed by atoms with van der Waals surface area (Å²) in [6, 6.07) is 7.70. The number of anilines is 1. The van der Waals surface area contributed by atoms with Gasteiger partial charge in [0, 0.05) is 18.2 Å². The van der Waals surface area contributed by atoms with Crippen LogP contribution in [0.1, 0.15) is 37.9 Å². The second-order valence-corrected chi connectivity index (χ2v) is 4.46. The summed E-state index contributed by atoms with van der Waals surface area (Å²) < 4.78 is 5.53. The van der Waals surface area contributed by atoms with Crippen LogP contribution in [-0.4, -0.2) is 6.04 Å². The maximum absolute atomic E-state index is 8.66. The van der Waals surface area contributed by atoms with Crippen LogP contribution in [0.3, 0.4) is 0 Å². The van der Waals surface area contributed by atoms with Gasteiger partial charge in [-0.2, -0.15) is 10.5 Å².